The van der Waals surface area contributed by atoms with E-state index in [-0.39, 0.29) is 18.3 Å². The topological polar surface area (TPSA) is 55.6 Å². The number of amides is 1. The first kappa shape index (κ1) is 15.0. The van der Waals surface area contributed by atoms with E-state index in [1.54, 1.807) is 4.90 Å². The molecule has 0 aromatic heterocycles. The highest BCUT2D eigenvalue weighted by Crippen LogP contribution is 2.15. The van der Waals surface area contributed by atoms with Gasteiger partial charge in [-0.3, -0.25) is 4.79 Å². The van der Waals surface area contributed by atoms with E-state index in [0.717, 1.165) is 5.56 Å². The van der Waals surface area contributed by atoms with Gasteiger partial charge in [-0.2, -0.15) is 0 Å². The fraction of sp³-hybridized carbons (Fsp3) is 0.462. The van der Waals surface area contributed by atoms with Crippen LogP contribution in [0.15, 0.2) is 24.3 Å². The molecular formula is C13H19ClN2O2. The summed E-state index contributed by atoms with van der Waals surface area (Å²) in [6, 6.07) is 7.22. The van der Waals surface area contributed by atoms with Gasteiger partial charge < -0.3 is 15.4 Å². The summed E-state index contributed by atoms with van der Waals surface area (Å²) in [5, 5.41) is 0. The Kier molecular flexibility index (Phi) is 5.59. The fourth-order valence-corrected chi connectivity index (χ4v) is 1.90. The second kappa shape index (κ2) is 6.73. The van der Waals surface area contributed by atoms with Crippen molar-refractivity contribution in [1.29, 1.82) is 0 Å². The van der Waals surface area contributed by atoms with Crippen molar-refractivity contribution in [3.05, 3.63) is 35.4 Å². The van der Waals surface area contributed by atoms with Gasteiger partial charge in [-0.25, -0.2) is 0 Å². The number of rotatable bonds is 2. The summed E-state index contributed by atoms with van der Waals surface area (Å²) >= 11 is 0. The van der Waals surface area contributed by atoms with Crippen molar-refractivity contribution in [2.24, 2.45) is 5.73 Å². The molecule has 1 aromatic rings. The van der Waals surface area contributed by atoms with Crippen LogP contribution in [0.3, 0.4) is 0 Å². The SMILES string of the molecule is Cc1ccc(C(N)C(=O)N2CCOCC2)cc1.Cl. The molecule has 1 aliphatic heterocycles. The number of nitrogens with two attached hydrogens (primary N) is 1. The van der Waals surface area contributed by atoms with Crippen molar-refractivity contribution in [3.63, 3.8) is 0 Å². The molecule has 2 N–H and O–H groups in total. The Labute approximate surface area is 114 Å². The van der Waals surface area contributed by atoms with Crippen LogP contribution in [-0.4, -0.2) is 37.1 Å². The van der Waals surface area contributed by atoms with Crippen LogP contribution < -0.4 is 5.73 Å². The summed E-state index contributed by atoms with van der Waals surface area (Å²) in [5.41, 5.74) is 8.02. The normalized spacial score (nSPS) is 16.9. The second-order valence-electron chi connectivity index (χ2n) is 4.33. The van der Waals surface area contributed by atoms with Gasteiger partial charge in [-0.05, 0) is 12.5 Å². The molecule has 5 heteroatoms. The Hall–Kier alpha value is -1.10. The molecule has 1 heterocycles. The van der Waals surface area contributed by atoms with Crippen LogP contribution >= 0.6 is 12.4 Å². The maximum absolute atomic E-state index is 12.1. The molecular weight excluding hydrogens is 252 g/mol. The van der Waals surface area contributed by atoms with E-state index in [0.29, 0.717) is 26.3 Å². The van der Waals surface area contributed by atoms with E-state index in [1.165, 1.54) is 5.56 Å². The molecule has 1 aromatic carbocycles. The lowest BCUT2D eigenvalue weighted by atomic mass is 10.0. The van der Waals surface area contributed by atoms with E-state index >= 15 is 0 Å². The number of benzene rings is 1. The van der Waals surface area contributed by atoms with Gasteiger partial charge in [0.25, 0.3) is 0 Å². The molecule has 1 saturated heterocycles. The minimum Gasteiger partial charge on any atom is -0.378 e. The Bertz CT molecular complexity index is 388. The zero-order valence-electron chi connectivity index (χ0n) is 10.5. The third-order valence-electron chi connectivity index (χ3n) is 3.03. The standard InChI is InChI=1S/C13H18N2O2.ClH/c1-10-2-4-11(5-3-10)12(14)13(16)15-6-8-17-9-7-15;/h2-5,12H,6-9,14H2,1H3;1H. The van der Waals surface area contributed by atoms with Crippen LogP contribution in [0.1, 0.15) is 17.2 Å². The lowest BCUT2D eigenvalue weighted by Crippen LogP contribution is -2.45. The van der Waals surface area contributed by atoms with Crippen LogP contribution in [0.4, 0.5) is 0 Å². The van der Waals surface area contributed by atoms with Crippen molar-refractivity contribution in [3.8, 4) is 0 Å². The van der Waals surface area contributed by atoms with Crippen LogP contribution in [0.25, 0.3) is 0 Å². The van der Waals surface area contributed by atoms with E-state index in [9.17, 15) is 4.79 Å². The van der Waals surface area contributed by atoms with Gasteiger partial charge >= 0.3 is 0 Å². The van der Waals surface area contributed by atoms with Crippen LogP contribution in [0.2, 0.25) is 0 Å². The summed E-state index contributed by atoms with van der Waals surface area (Å²) in [6.45, 7) is 4.49. The molecule has 0 radical (unpaired) electrons. The number of ether oxygens (including phenoxy) is 1. The number of halogens is 1. The van der Waals surface area contributed by atoms with Gasteiger partial charge in [-0.15, -0.1) is 12.4 Å². The maximum atomic E-state index is 12.1. The smallest absolute Gasteiger partial charge is 0.244 e. The number of hydrogen-bond acceptors (Lipinski definition) is 3. The monoisotopic (exact) mass is 270 g/mol. The molecule has 4 nitrogen and oxygen atoms in total. The number of aryl methyl sites for hydroxylation is 1. The lowest BCUT2D eigenvalue weighted by Gasteiger charge is -2.29. The number of nitrogens with zero attached hydrogens (tertiary/aromatic N) is 1. The summed E-state index contributed by atoms with van der Waals surface area (Å²) in [6.07, 6.45) is 0. The number of carbonyl (C=O) groups is 1. The molecule has 0 aliphatic carbocycles. The number of morpholine rings is 1. The van der Waals surface area contributed by atoms with Gasteiger partial charge in [0.2, 0.25) is 5.91 Å². The minimum atomic E-state index is -0.561. The van der Waals surface area contributed by atoms with Gasteiger partial charge in [0.05, 0.1) is 13.2 Å². The van der Waals surface area contributed by atoms with E-state index in [1.807, 2.05) is 31.2 Å². The summed E-state index contributed by atoms with van der Waals surface area (Å²) < 4.78 is 5.22. The molecule has 0 spiro atoms. The Morgan fingerprint density at radius 3 is 2.39 bits per heavy atom. The quantitative estimate of drug-likeness (QED) is 0.881. The third-order valence-corrected chi connectivity index (χ3v) is 3.03. The van der Waals surface area contributed by atoms with Crippen LogP contribution in [0.5, 0.6) is 0 Å². The van der Waals surface area contributed by atoms with Gasteiger partial charge in [-0.1, -0.05) is 29.8 Å². The average molecular weight is 271 g/mol. The van der Waals surface area contributed by atoms with Crippen LogP contribution in [0, 0.1) is 6.92 Å². The molecule has 0 bridgehead atoms. The summed E-state index contributed by atoms with van der Waals surface area (Å²) in [5.74, 6) is -0.0165. The van der Waals surface area contributed by atoms with Crippen LogP contribution in [-0.2, 0) is 9.53 Å². The molecule has 1 atom stereocenters. The Morgan fingerprint density at radius 2 is 1.83 bits per heavy atom. The molecule has 1 amide bonds. The minimum absolute atomic E-state index is 0. The van der Waals surface area contributed by atoms with Gasteiger partial charge in [0.1, 0.15) is 6.04 Å². The zero-order chi connectivity index (χ0) is 12.3. The van der Waals surface area contributed by atoms with E-state index in [2.05, 4.69) is 0 Å². The van der Waals surface area contributed by atoms with E-state index < -0.39 is 6.04 Å². The van der Waals surface area contributed by atoms with E-state index in [4.69, 9.17) is 10.5 Å². The highest BCUT2D eigenvalue weighted by Gasteiger charge is 2.23. The molecule has 1 unspecified atom stereocenters. The maximum Gasteiger partial charge on any atom is 0.244 e. The lowest BCUT2D eigenvalue weighted by molar-refractivity contribution is -0.136. The van der Waals surface area contributed by atoms with Crippen molar-refractivity contribution < 1.29 is 9.53 Å². The molecule has 100 valence electrons. The average Bonchev–Trinajstić information content (AvgIpc) is 2.39. The number of hydrogen-bond donors (Lipinski definition) is 1. The first-order chi connectivity index (χ1) is 8.18. The number of carbonyl (C=O) groups excluding carboxylic acids is 1. The first-order valence-corrected chi connectivity index (χ1v) is 5.87. The van der Waals surface area contributed by atoms with Gasteiger partial charge in [0, 0.05) is 13.1 Å². The molecule has 2 rings (SSSR count). The van der Waals surface area contributed by atoms with Crippen molar-refractivity contribution in [1.82, 2.24) is 4.90 Å². The first-order valence-electron chi connectivity index (χ1n) is 5.87. The summed E-state index contributed by atoms with van der Waals surface area (Å²) in [7, 11) is 0. The summed E-state index contributed by atoms with van der Waals surface area (Å²) in [4.78, 5) is 13.9. The largest absolute Gasteiger partial charge is 0.378 e. The highest BCUT2D eigenvalue weighted by molar-refractivity contribution is 5.85. The highest BCUT2D eigenvalue weighted by atomic mass is 35.5. The Morgan fingerprint density at radius 1 is 1.28 bits per heavy atom. The fourth-order valence-electron chi connectivity index (χ4n) is 1.90. The van der Waals surface area contributed by atoms with Gasteiger partial charge in [0.15, 0.2) is 0 Å². The third kappa shape index (κ3) is 3.45. The molecule has 18 heavy (non-hydrogen) atoms. The molecule has 1 fully saturated rings. The predicted octanol–water partition coefficient (Wildman–Crippen LogP) is 1.28. The molecule has 1 aliphatic rings. The van der Waals surface area contributed by atoms with Crippen molar-refractivity contribution in [2.45, 2.75) is 13.0 Å². The predicted molar refractivity (Wildman–Crippen MR) is 72.8 cm³/mol. The van der Waals surface area contributed by atoms with Crippen molar-refractivity contribution >= 4 is 18.3 Å². The van der Waals surface area contributed by atoms with Crippen molar-refractivity contribution in [2.75, 3.05) is 26.3 Å². The second-order valence-corrected chi connectivity index (χ2v) is 4.33. The zero-order valence-corrected chi connectivity index (χ0v) is 11.3. The molecule has 0 saturated carbocycles. The Balaban J connectivity index is 0.00000162.